The highest BCUT2D eigenvalue weighted by Crippen LogP contribution is 2.24. The Bertz CT molecular complexity index is 143. The van der Waals surface area contributed by atoms with Gasteiger partial charge in [-0.1, -0.05) is 6.58 Å². The summed E-state index contributed by atoms with van der Waals surface area (Å²) in [5.41, 5.74) is 0.613. The Morgan fingerprint density at radius 1 is 1.73 bits per heavy atom. The van der Waals surface area contributed by atoms with Crippen LogP contribution in [0.2, 0.25) is 0 Å². The van der Waals surface area contributed by atoms with Gasteiger partial charge < -0.3 is 0 Å². The first-order valence-corrected chi connectivity index (χ1v) is 4.36. The normalized spacial score (nSPS) is 19.0. The highest BCUT2D eigenvalue weighted by Gasteiger charge is 2.24. The van der Waals surface area contributed by atoms with Gasteiger partial charge in [-0.05, 0) is 19.4 Å². The highest BCUT2D eigenvalue weighted by molar-refractivity contribution is 6.30. The van der Waals surface area contributed by atoms with E-state index in [9.17, 15) is 5.11 Å². The molecule has 0 aromatic carbocycles. The molecule has 1 nitrogen and oxygen atoms in total. The summed E-state index contributed by atoms with van der Waals surface area (Å²) in [6.07, 6.45) is -0.454. The first-order valence-electron chi connectivity index (χ1n) is 3.45. The number of halogens is 2. The van der Waals surface area contributed by atoms with E-state index >= 15 is 0 Å². The minimum atomic E-state index is -0.795. The molecule has 0 saturated heterocycles. The van der Waals surface area contributed by atoms with Crippen LogP contribution in [0.4, 0.5) is 0 Å². The largest absolute Gasteiger partial charge is 0.228 e. The monoisotopic (exact) mass is 195 g/mol. The number of alkyl halides is 2. The van der Waals surface area contributed by atoms with E-state index in [2.05, 4.69) is 6.58 Å². The summed E-state index contributed by atoms with van der Waals surface area (Å²) in [4.78, 5) is -0.590. The van der Waals surface area contributed by atoms with Crippen molar-refractivity contribution in [2.45, 2.75) is 31.2 Å². The second kappa shape index (κ2) is 4.34. The smallest absolute Gasteiger partial charge is 0.115 e. The average Bonchev–Trinajstić information content (AvgIpc) is 1.87. The molecule has 0 amide bonds. The molecule has 3 heteroatoms. The van der Waals surface area contributed by atoms with E-state index in [1.165, 1.54) is 0 Å². The maximum atomic E-state index is 11.2. The zero-order valence-electron chi connectivity index (χ0n) is 6.86. The highest BCUT2D eigenvalue weighted by atomic mass is 35.5. The van der Waals surface area contributed by atoms with Crippen LogP contribution in [-0.4, -0.2) is 16.9 Å². The van der Waals surface area contributed by atoms with Gasteiger partial charge in [-0.3, -0.25) is 0 Å². The maximum absolute atomic E-state index is 11.2. The van der Waals surface area contributed by atoms with Gasteiger partial charge >= 0.3 is 0 Å². The fourth-order valence-corrected chi connectivity index (χ4v) is 0.865. The predicted octanol–water partition coefficient (Wildman–Crippen LogP) is 2.99. The fourth-order valence-electron chi connectivity index (χ4n) is 0.615. The summed E-state index contributed by atoms with van der Waals surface area (Å²) in [5, 5.41) is 11.2. The summed E-state index contributed by atoms with van der Waals surface area (Å²) < 4.78 is 0. The van der Waals surface area contributed by atoms with E-state index in [1.54, 1.807) is 13.8 Å². The van der Waals surface area contributed by atoms with Gasteiger partial charge in [0.05, 0.1) is 4.87 Å². The molecular weight excluding hydrogens is 183 g/mol. The lowest BCUT2D eigenvalue weighted by atomic mass is 10.0. The molecule has 0 aliphatic heterocycles. The fraction of sp³-hybridized carbons (Fsp3) is 0.750. The van der Waals surface area contributed by atoms with Crippen molar-refractivity contribution in [1.82, 2.24) is 0 Å². The standard InChI is InChI=1S/C8H13Cl2O/c1-6(2)7(11)4-8(3,10)5-9/h7H,1,4-5H2,2-3H3. The number of hydrogen-bond acceptors (Lipinski definition) is 0. The molecule has 0 bridgehead atoms. The van der Waals surface area contributed by atoms with E-state index in [-0.39, 0.29) is 0 Å². The summed E-state index contributed by atoms with van der Waals surface area (Å²) in [5.74, 6) is 0.292. The minimum Gasteiger partial charge on any atom is -0.228 e. The van der Waals surface area contributed by atoms with Crippen LogP contribution >= 0.6 is 23.2 Å². The van der Waals surface area contributed by atoms with E-state index in [4.69, 9.17) is 23.2 Å². The summed E-state index contributed by atoms with van der Waals surface area (Å²) in [6, 6.07) is 0. The second-order valence-corrected chi connectivity index (χ2v) is 4.27. The molecule has 0 fully saturated rings. The molecule has 0 aromatic heterocycles. The van der Waals surface area contributed by atoms with Crippen LogP contribution in [0.25, 0.3) is 0 Å². The van der Waals surface area contributed by atoms with Crippen LogP contribution in [-0.2, 0) is 5.11 Å². The molecule has 11 heavy (non-hydrogen) atoms. The molecule has 2 unspecified atom stereocenters. The SMILES string of the molecule is C=C(C)C([O])CC(C)(Cl)CCl. The molecule has 0 heterocycles. The summed E-state index contributed by atoms with van der Waals surface area (Å²) in [6.45, 7) is 7.03. The predicted molar refractivity (Wildman–Crippen MR) is 48.9 cm³/mol. The first kappa shape index (κ1) is 11.3. The Hall–Kier alpha value is 0.280. The van der Waals surface area contributed by atoms with Crippen LogP contribution < -0.4 is 0 Å². The van der Waals surface area contributed by atoms with Crippen molar-refractivity contribution >= 4 is 23.2 Å². The molecule has 0 saturated carbocycles. The Kier molecular flexibility index (Phi) is 4.45. The van der Waals surface area contributed by atoms with Gasteiger partial charge in [0.2, 0.25) is 0 Å². The van der Waals surface area contributed by atoms with Gasteiger partial charge in [0.25, 0.3) is 0 Å². The van der Waals surface area contributed by atoms with Crippen molar-refractivity contribution in [3.8, 4) is 0 Å². The molecule has 0 N–H and O–H groups in total. The van der Waals surface area contributed by atoms with Gasteiger partial charge in [0.15, 0.2) is 0 Å². The molecule has 0 aliphatic rings. The topological polar surface area (TPSA) is 19.9 Å². The van der Waals surface area contributed by atoms with Gasteiger partial charge in [-0.25, -0.2) is 5.11 Å². The van der Waals surface area contributed by atoms with E-state index in [0.717, 1.165) is 0 Å². The number of hydrogen-bond donors (Lipinski definition) is 0. The third-order valence-corrected chi connectivity index (χ3v) is 2.45. The molecule has 0 spiro atoms. The van der Waals surface area contributed by atoms with Crippen LogP contribution in [0.3, 0.4) is 0 Å². The number of rotatable bonds is 4. The Morgan fingerprint density at radius 3 is 2.45 bits per heavy atom. The van der Waals surface area contributed by atoms with Crippen molar-refractivity contribution < 1.29 is 5.11 Å². The van der Waals surface area contributed by atoms with Gasteiger partial charge in [-0.2, -0.15) is 0 Å². The van der Waals surface area contributed by atoms with Crippen molar-refractivity contribution in [1.29, 1.82) is 0 Å². The zero-order chi connectivity index (χ0) is 9.07. The molecule has 0 aliphatic carbocycles. The lowest BCUT2D eigenvalue weighted by molar-refractivity contribution is 0.105. The second-order valence-electron chi connectivity index (χ2n) is 3.09. The molecule has 0 aromatic rings. The van der Waals surface area contributed by atoms with Crippen molar-refractivity contribution in [2.24, 2.45) is 0 Å². The Labute approximate surface area is 78.0 Å². The Morgan fingerprint density at radius 2 is 2.18 bits per heavy atom. The summed E-state index contributed by atoms with van der Waals surface area (Å²) >= 11 is 11.4. The molecule has 65 valence electrons. The quantitative estimate of drug-likeness (QED) is 0.486. The minimum absolute atomic E-state index is 0.292. The molecule has 2 atom stereocenters. The molecular formula is C8H13Cl2O. The lowest BCUT2D eigenvalue weighted by Crippen LogP contribution is -2.25. The van der Waals surface area contributed by atoms with Crippen LogP contribution in [0.15, 0.2) is 12.2 Å². The van der Waals surface area contributed by atoms with E-state index in [1.807, 2.05) is 0 Å². The maximum Gasteiger partial charge on any atom is 0.115 e. The van der Waals surface area contributed by atoms with Gasteiger partial charge in [0, 0.05) is 12.3 Å². The summed E-state index contributed by atoms with van der Waals surface area (Å²) in [7, 11) is 0. The van der Waals surface area contributed by atoms with Gasteiger partial charge in [-0.15, -0.1) is 23.2 Å². The van der Waals surface area contributed by atoms with E-state index in [0.29, 0.717) is 17.9 Å². The third-order valence-electron chi connectivity index (χ3n) is 1.44. The lowest BCUT2D eigenvalue weighted by Gasteiger charge is -2.20. The zero-order valence-corrected chi connectivity index (χ0v) is 8.37. The van der Waals surface area contributed by atoms with Crippen LogP contribution in [0, 0.1) is 0 Å². The van der Waals surface area contributed by atoms with E-state index < -0.39 is 11.0 Å². The average molecular weight is 196 g/mol. The third kappa shape index (κ3) is 4.67. The van der Waals surface area contributed by atoms with Crippen molar-refractivity contribution in [3.63, 3.8) is 0 Å². The molecule has 1 radical (unpaired) electrons. The van der Waals surface area contributed by atoms with Crippen LogP contribution in [0.5, 0.6) is 0 Å². The Balaban J connectivity index is 3.93. The molecule has 0 rings (SSSR count). The van der Waals surface area contributed by atoms with Crippen LogP contribution in [0.1, 0.15) is 20.3 Å². The first-order chi connectivity index (χ1) is 4.89. The van der Waals surface area contributed by atoms with Crippen molar-refractivity contribution in [2.75, 3.05) is 5.88 Å². The van der Waals surface area contributed by atoms with Crippen molar-refractivity contribution in [3.05, 3.63) is 12.2 Å². The van der Waals surface area contributed by atoms with Gasteiger partial charge in [0.1, 0.15) is 6.10 Å².